The SMILES string of the molecule is CC(C)(C)OO.CCCCC(CC)CC(=O)O. The summed E-state index contributed by atoms with van der Waals surface area (Å²) in [4.78, 5) is 14.3. The number of hydrogen-bond acceptors (Lipinski definition) is 3. The van der Waals surface area contributed by atoms with E-state index in [0.29, 0.717) is 12.3 Å². The van der Waals surface area contributed by atoms with Gasteiger partial charge in [-0.15, -0.1) is 0 Å². The van der Waals surface area contributed by atoms with Crippen LogP contribution in [0.15, 0.2) is 0 Å². The third kappa shape index (κ3) is 18.0. The summed E-state index contributed by atoms with van der Waals surface area (Å²) in [6.45, 7) is 9.50. The second-order valence-electron chi connectivity index (χ2n) is 5.22. The van der Waals surface area contributed by atoms with Crippen molar-refractivity contribution in [2.24, 2.45) is 5.92 Å². The van der Waals surface area contributed by atoms with Gasteiger partial charge in [0.1, 0.15) is 0 Å². The molecule has 0 saturated carbocycles. The molecule has 0 amide bonds. The number of carboxylic acid groups (broad SMARTS) is 1. The van der Waals surface area contributed by atoms with E-state index in [9.17, 15) is 4.79 Å². The number of carboxylic acids is 1. The molecule has 0 bridgehead atoms. The van der Waals surface area contributed by atoms with Gasteiger partial charge in [-0.25, -0.2) is 4.89 Å². The fourth-order valence-corrected chi connectivity index (χ4v) is 1.19. The Kier molecular flexibility index (Phi) is 11.6. The quantitative estimate of drug-likeness (QED) is 0.551. The highest BCUT2D eigenvalue weighted by atomic mass is 17.1. The zero-order chi connectivity index (χ0) is 13.9. The van der Waals surface area contributed by atoms with Gasteiger partial charge in [-0.1, -0.05) is 33.1 Å². The minimum absolute atomic E-state index is 0.344. The average molecular weight is 248 g/mol. The lowest BCUT2D eigenvalue weighted by Gasteiger charge is -2.10. The molecule has 4 nitrogen and oxygen atoms in total. The van der Waals surface area contributed by atoms with E-state index in [-0.39, 0.29) is 0 Å². The lowest BCUT2D eigenvalue weighted by molar-refractivity contribution is -0.306. The first-order chi connectivity index (χ1) is 7.76. The number of rotatable bonds is 6. The molecule has 0 spiro atoms. The van der Waals surface area contributed by atoms with Crippen LogP contribution in [-0.4, -0.2) is 21.9 Å². The van der Waals surface area contributed by atoms with Crippen molar-refractivity contribution >= 4 is 5.97 Å². The van der Waals surface area contributed by atoms with Crippen molar-refractivity contribution in [3.63, 3.8) is 0 Å². The van der Waals surface area contributed by atoms with Gasteiger partial charge >= 0.3 is 5.97 Å². The standard InChI is InChI=1S/C9H18O2.C4H10O2/c1-3-5-6-8(4-2)7-9(10)11;1-4(2,3)6-5/h8H,3-7H2,1-2H3,(H,10,11);5H,1-3H3. The minimum Gasteiger partial charge on any atom is -0.481 e. The van der Waals surface area contributed by atoms with Crippen LogP contribution in [-0.2, 0) is 9.68 Å². The summed E-state index contributed by atoms with van der Waals surface area (Å²) >= 11 is 0. The summed E-state index contributed by atoms with van der Waals surface area (Å²) in [5.74, 6) is -0.264. The van der Waals surface area contributed by atoms with Gasteiger partial charge in [0.2, 0.25) is 0 Å². The largest absolute Gasteiger partial charge is 0.481 e. The Morgan fingerprint density at radius 2 is 1.76 bits per heavy atom. The van der Waals surface area contributed by atoms with Crippen molar-refractivity contribution in [2.75, 3.05) is 0 Å². The molecule has 1 unspecified atom stereocenters. The third-order valence-electron chi connectivity index (χ3n) is 2.28. The molecule has 0 fully saturated rings. The highest BCUT2D eigenvalue weighted by Gasteiger charge is 2.09. The van der Waals surface area contributed by atoms with Crippen LogP contribution in [0.3, 0.4) is 0 Å². The van der Waals surface area contributed by atoms with Crippen molar-refractivity contribution in [2.45, 2.75) is 72.3 Å². The maximum atomic E-state index is 10.3. The zero-order valence-corrected chi connectivity index (χ0v) is 11.8. The molecule has 104 valence electrons. The Labute approximate surface area is 105 Å². The predicted molar refractivity (Wildman–Crippen MR) is 69.0 cm³/mol. The molecule has 0 saturated heterocycles. The van der Waals surface area contributed by atoms with Crippen LogP contribution >= 0.6 is 0 Å². The molecule has 1 atom stereocenters. The van der Waals surface area contributed by atoms with E-state index in [1.54, 1.807) is 20.8 Å². The van der Waals surface area contributed by atoms with E-state index in [1.165, 1.54) is 0 Å². The first-order valence-corrected chi connectivity index (χ1v) is 6.31. The Morgan fingerprint density at radius 1 is 1.29 bits per heavy atom. The van der Waals surface area contributed by atoms with Crippen LogP contribution in [0.5, 0.6) is 0 Å². The fourth-order valence-electron chi connectivity index (χ4n) is 1.19. The van der Waals surface area contributed by atoms with Gasteiger partial charge in [-0.2, -0.15) is 0 Å². The Balaban J connectivity index is 0. The van der Waals surface area contributed by atoms with Gasteiger partial charge in [0.05, 0.1) is 5.60 Å². The molecule has 17 heavy (non-hydrogen) atoms. The molecule has 0 aromatic heterocycles. The molecular weight excluding hydrogens is 220 g/mol. The topological polar surface area (TPSA) is 66.8 Å². The van der Waals surface area contributed by atoms with Gasteiger partial charge in [0.15, 0.2) is 0 Å². The average Bonchev–Trinajstić information content (AvgIpc) is 2.23. The van der Waals surface area contributed by atoms with E-state index in [2.05, 4.69) is 18.7 Å². The van der Waals surface area contributed by atoms with Crippen LogP contribution in [0, 0.1) is 5.92 Å². The first-order valence-electron chi connectivity index (χ1n) is 6.31. The van der Waals surface area contributed by atoms with Gasteiger partial charge in [-0.3, -0.25) is 10.1 Å². The van der Waals surface area contributed by atoms with Crippen LogP contribution in [0.4, 0.5) is 0 Å². The normalized spacial score (nSPS) is 12.6. The number of aliphatic carboxylic acids is 1. The van der Waals surface area contributed by atoms with E-state index in [0.717, 1.165) is 25.7 Å². The van der Waals surface area contributed by atoms with Crippen molar-refractivity contribution in [3.05, 3.63) is 0 Å². The van der Waals surface area contributed by atoms with E-state index < -0.39 is 11.6 Å². The summed E-state index contributed by atoms with van der Waals surface area (Å²) in [6.07, 6.45) is 4.73. The second kappa shape index (κ2) is 10.5. The summed E-state index contributed by atoms with van der Waals surface area (Å²) in [5.41, 5.74) is -0.403. The lowest BCUT2D eigenvalue weighted by atomic mass is 9.96. The van der Waals surface area contributed by atoms with Gasteiger partial charge in [0, 0.05) is 6.42 Å². The molecule has 0 aliphatic carbocycles. The van der Waals surface area contributed by atoms with Crippen molar-refractivity contribution in [3.8, 4) is 0 Å². The Morgan fingerprint density at radius 3 is 2.00 bits per heavy atom. The molecule has 0 radical (unpaired) electrons. The molecule has 2 N–H and O–H groups in total. The second-order valence-corrected chi connectivity index (χ2v) is 5.22. The molecule has 0 aliphatic heterocycles. The highest BCUT2D eigenvalue weighted by molar-refractivity contribution is 5.66. The molecular formula is C13H28O4. The number of hydrogen-bond donors (Lipinski definition) is 2. The Bertz CT molecular complexity index is 184. The van der Waals surface area contributed by atoms with Crippen LogP contribution in [0.2, 0.25) is 0 Å². The molecule has 0 aliphatic rings. The lowest BCUT2D eigenvalue weighted by Crippen LogP contribution is -2.15. The Hall–Kier alpha value is -0.610. The maximum Gasteiger partial charge on any atom is 0.303 e. The summed E-state index contributed by atoms with van der Waals surface area (Å²) in [5, 5.41) is 16.4. The summed E-state index contributed by atoms with van der Waals surface area (Å²) in [6, 6.07) is 0. The monoisotopic (exact) mass is 248 g/mol. The smallest absolute Gasteiger partial charge is 0.303 e. The van der Waals surface area contributed by atoms with E-state index in [4.69, 9.17) is 10.4 Å². The van der Waals surface area contributed by atoms with E-state index in [1.807, 2.05) is 0 Å². The predicted octanol–water partition coefficient (Wildman–Crippen LogP) is 3.95. The minimum atomic E-state index is -0.659. The van der Waals surface area contributed by atoms with Gasteiger partial charge in [-0.05, 0) is 33.1 Å². The third-order valence-corrected chi connectivity index (χ3v) is 2.28. The van der Waals surface area contributed by atoms with Crippen molar-refractivity contribution in [1.82, 2.24) is 0 Å². The van der Waals surface area contributed by atoms with E-state index >= 15 is 0 Å². The number of carbonyl (C=O) groups is 1. The molecule has 4 heteroatoms. The van der Waals surface area contributed by atoms with Crippen molar-refractivity contribution < 1.29 is 20.0 Å². The van der Waals surface area contributed by atoms with Gasteiger partial charge < -0.3 is 5.11 Å². The molecule has 0 aromatic carbocycles. The van der Waals surface area contributed by atoms with Crippen molar-refractivity contribution in [1.29, 1.82) is 0 Å². The first kappa shape index (κ1) is 18.7. The maximum absolute atomic E-state index is 10.3. The van der Waals surface area contributed by atoms with Crippen LogP contribution in [0.1, 0.15) is 66.7 Å². The van der Waals surface area contributed by atoms with Gasteiger partial charge in [0.25, 0.3) is 0 Å². The highest BCUT2D eigenvalue weighted by Crippen LogP contribution is 2.15. The molecule has 0 rings (SSSR count). The molecule has 0 heterocycles. The summed E-state index contributed by atoms with van der Waals surface area (Å²) < 4.78 is 0. The summed E-state index contributed by atoms with van der Waals surface area (Å²) in [7, 11) is 0. The molecule has 0 aromatic rings. The fraction of sp³-hybridized carbons (Fsp3) is 0.923. The van der Waals surface area contributed by atoms with Crippen LogP contribution in [0.25, 0.3) is 0 Å². The number of unbranched alkanes of at least 4 members (excludes halogenated alkanes) is 1. The zero-order valence-electron chi connectivity index (χ0n) is 11.8. The van der Waals surface area contributed by atoms with Crippen LogP contribution < -0.4 is 0 Å².